The minimum absolute atomic E-state index is 0.0286. The zero-order chi connectivity index (χ0) is 27.8. The molecule has 0 radical (unpaired) electrons. The molecule has 0 aliphatic heterocycles. The van der Waals surface area contributed by atoms with E-state index in [4.69, 9.17) is 11.6 Å². The number of hydrogen-bond donors (Lipinski definition) is 1. The number of rotatable bonds is 13. The maximum atomic E-state index is 13.4. The zero-order valence-corrected chi connectivity index (χ0v) is 23.7. The first-order valence-electron chi connectivity index (χ1n) is 12.4. The molecule has 37 heavy (non-hydrogen) atoms. The molecule has 10 heteroatoms. The fourth-order valence-corrected chi connectivity index (χ4v) is 5.16. The van der Waals surface area contributed by atoms with Gasteiger partial charge in [0, 0.05) is 31.1 Å². The van der Waals surface area contributed by atoms with Crippen LogP contribution in [0.4, 0.5) is 10.1 Å². The highest BCUT2D eigenvalue weighted by Crippen LogP contribution is 2.28. The van der Waals surface area contributed by atoms with Crippen LogP contribution in [0.25, 0.3) is 0 Å². The molecule has 7 nitrogen and oxygen atoms in total. The Hall–Kier alpha value is -2.65. The van der Waals surface area contributed by atoms with Crippen molar-refractivity contribution in [2.75, 3.05) is 23.7 Å². The van der Waals surface area contributed by atoms with Crippen molar-refractivity contribution in [2.45, 2.75) is 59.5 Å². The second-order valence-corrected chi connectivity index (χ2v) is 11.8. The number of hydrogen-bond acceptors (Lipinski definition) is 4. The minimum atomic E-state index is -3.63. The van der Waals surface area contributed by atoms with E-state index in [0.29, 0.717) is 34.8 Å². The van der Waals surface area contributed by atoms with E-state index in [-0.39, 0.29) is 49.5 Å². The van der Waals surface area contributed by atoms with Crippen LogP contribution in [0.5, 0.6) is 0 Å². The predicted molar refractivity (Wildman–Crippen MR) is 146 cm³/mol. The lowest BCUT2D eigenvalue weighted by Crippen LogP contribution is -2.49. The summed E-state index contributed by atoms with van der Waals surface area (Å²) in [7, 11) is -3.63. The highest BCUT2D eigenvalue weighted by atomic mass is 35.5. The molecule has 0 saturated heterocycles. The van der Waals surface area contributed by atoms with Gasteiger partial charge in [-0.15, -0.1) is 0 Å². The number of nitrogens with zero attached hydrogens (tertiary/aromatic N) is 2. The SMILES string of the molecule is CC[C@H](C(=O)NCC(C)C)N(Cc1ccc(F)cc1)C(=O)CCCN(c1cccc(Cl)c1C)S(C)(=O)=O. The number of halogens is 2. The number of carbonyl (C=O) groups is 2. The molecule has 204 valence electrons. The summed E-state index contributed by atoms with van der Waals surface area (Å²) in [4.78, 5) is 27.9. The Morgan fingerprint density at radius 3 is 2.32 bits per heavy atom. The molecule has 0 fully saturated rings. The van der Waals surface area contributed by atoms with Crippen molar-refractivity contribution in [1.29, 1.82) is 0 Å². The maximum Gasteiger partial charge on any atom is 0.242 e. The van der Waals surface area contributed by atoms with Gasteiger partial charge >= 0.3 is 0 Å². The van der Waals surface area contributed by atoms with Crippen LogP contribution < -0.4 is 9.62 Å². The van der Waals surface area contributed by atoms with E-state index < -0.39 is 16.1 Å². The van der Waals surface area contributed by atoms with Gasteiger partial charge in [-0.1, -0.05) is 50.6 Å². The van der Waals surface area contributed by atoms with Gasteiger partial charge in [0.15, 0.2) is 0 Å². The molecule has 0 unspecified atom stereocenters. The van der Waals surface area contributed by atoms with Gasteiger partial charge in [-0.3, -0.25) is 13.9 Å². The smallest absolute Gasteiger partial charge is 0.242 e. The second kappa shape index (κ2) is 13.8. The van der Waals surface area contributed by atoms with Crippen LogP contribution in [-0.2, 0) is 26.2 Å². The van der Waals surface area contributed by atoms with Gasteiger partial charge in [0.05, 0.1) is 11.9 Å². The number of sulfonamides is 1. The number of carbonyl (C=O) groups excluding carboxylic acids is 2. The quantitative estimate of drug-likeness (QED) is 0.382. The van der Waals surface area contributed by atoms with E-state index in [9.17, 15) is 22.4 Å². The number of benzene rings is 2. The monoisotopic (exact) mass is 553 g/mol. The molecule has 2 amide bonds. The van der Waals surface area contributed by atoms with Crippen LogP contribution in [0, 0.1) is 18.7 Å². The summed E-state index contributed by atoms with van der Waals surface area (Å²) in [6, 6.07) is 10.1. The van der Waals surface area contributed by atoms with Gasteiger partial charge in [-0.05, 0) is 61.1 Å². The molecule has 0 saturated carbocycles. The second-order valence-electron chi connectivity index (χ2n) is 9.53. The molecule has 0 spiro atoms. The molecular weight excluding hydrogens is 517 g/mol. The van der Waals surface area contributed by atoms with Crippen molar-refractivity contribution in [1.82, 2.24) is 10.2 Å². The molecule has 0 bridgehead atoms. The first-order valence-corrected chi connectivity index (χ1v) is 14.6. The molecular formula is C27H37ClFN3O4S. The first-order chi connectivity index (χ1) is 17.3. The van der Waals surface area contributed by atoms with E-state index in [1.54, 1.807) is 37.3 Å². The lowest BCUT2D eigenvalue weighted by atomic mass is 10.1. The number of amides is 2. The van der Waals surface area contributed by atoms with Crippen molar-refractivity contribution in [3.8, 4) is 0 Å². The van der Waals surface area contributed by atoms with Crippen molar-refractivity contribution in [2.24, 2.45) is 5.92 Å². The molecule has 0 aliphatic carbocycles. The fraction of sp³-hybridized carbons (Fsp3) is 0.481. The van der Waals surface area contributed by atoms with Crippen LogP contribution in [0.1, 0.15) is 51.2 Å². The van der Waals surface area contributed by atoms with Crippen molar-refractivity contribution in [3.05, 3.63) is 64.4 Å². The predicted octanol–water partition coefficient (Wildman–Crippen LogP) is 4.91. The van der Waals surface area contributed by atoms with Crippen molar-refractivity contribution in [3.63, 3.8) is 0 Å². The molecule has 2 aromatic carbocycles. The van der Waals surface area contributed by atoms with Crippen LogP contribution in [0.2, 0.25) is 5.02 Å². The fourth-order valence-electron chi connectivity index (χ4n) is 3.98. The Morgan fingerprint density at radius 2 is 1.76 bits per heavy atom. The standard InChI is InChI=1S/C27H37ClFN3O4S/c1-6-24(27(34)30-17-19(2)3)31(18-21-12-14-22(29)15-13-21)26(33)11-8-16-32(37(5,35)36)25-10-7-9-23(28)20(25)4/h7,9-10,12-15,19,24H,6,8,11,16-18H2,1-5H3,(H,30,34)/t24-/m1/s1. The summed E-state index contributed by atoms with van der Waals surface area (Å²) in [5.74, 6) is -0.675. The summed E-state index contributed by atoms with van der Waals surface area (Å²) < 4.78 is 39.8. The Bertz CT molecular complexity index is 1170. The van der Waals surface area contributed by atoms with Gasteiger partial charge in [-0.25, -0.2) is 12.8 Å². The molecule has 1 N–H and O–H groups in total. The minimum Gasteiger partial charge on any atom is -0.354 e. The van der Waals surface area contributed by atoms with Gasteiger partial charge in [0.25, 0.3) is 0 Å². The zero-order valence-electron chi connectivity index (χ0n) is 22.1. The van der Waals surface area contributed by atoms with E-state index in [1.807, 2.05) is 20.8 Å². The van der Waals surface area contributed by atoms with Crippen LogP contribution in [0.3, 0.4) is 0 Å². The average Bonchev–Trinajstić information content (AvgIpc) is 2.82. The van der Waals surface area contributed by atoms with Crippen molar-refractivity contribution < 1.29 is 22.4 Å². The summed E-state index contributed by atoms with van der Waals surface area (Å²) in [6.45, 7) is 8.24. The molecule has 0 aromatic heterocycles. The maximum absolute atomic E-state index is 13.4. The largest absolute Gasteiger partial charge is 0.354 e. The summed E-state index contributed by atoms with van der Waals surface area (Å²) >= 11 is 6.20. The van der Waals surface area contributed by atoms with Crippen LogP contribution in [-0.4, -0.2) is 50.5 Å². The number of anilines is 1. The van der Waals surface area contributed by atoms with Gasteiger partial charge in [0.2, 0.25) is 21.8 Å². The molecule has 1 atom stereocenters. The van der Waals surface area contributed by atoms with E-state index >= 15 is 0 Å². The third kappa shape index (κ3) is 9.00. The Labute approximate surface area is 225 Å². The van der Waals surface area contributed by atoms with Gasteiger partial charge in [0.1, 0.15) is 11.9 Å². The van der Waals surface area contributed by atoms with Gasteiger partial charge in [-0.2, -0.15) is 0 Å². The molecule has 2 rings (SSSR count). The number of nitrogens with one attached hydrogen (secondary N) is 1. The topological polar surface area (TPSA) is 86.8 Å². The van der Waals surface area contributed by atoms with E-state index in [2.05, 4.69) is 5.32 Å². The van der Waals surface area contributed by atoms with Crippen molar-refractivity contribution >= 4 is 39.1 Å². The Kier molecular flexibility index (Phi) is 11.4. The lowest BCUT2D eigenvalue weighted by Gasteiger charge is -2.31. The highest BCUT2D eigenvalue weighted by molar-refractivity contribution is 7.92. The Morgan fingerprint density at radius 1 is 1.11 bits per heavy atom. The third-order valence-electron chi connectivity index (χ3n) is 6.00. The van der Waals surface area contributed by atoms with E-state index in [1.165, 1.54) is 21.3 Å². The highest BCUT2D eigenvalue weighted by Gasteiger charge is 2.29. The molecule has 2 aromatic rings. The summed E-state index contributed by atoms with van der Waals surface area (Å²) in [6.07, 6.45) is 1.78. The Balaban J connectivity index is 2.24. The van der Waals surface area contributed by atoms with E-state index in [0.717, 1.165) is 6.26 Å². The summed E-state index contributed by atoms with van der Waals surface area (Å²) in [5.41, 5.74) is 1.79. The molecule has 0 aliphatic rings. The molecule has 0 heterocycles. The normalized spacial score (nSPS) is 12.3. The van der Waals surface area contributed by atoms with Gasteiger partial charge < -0.3 is 10.2 Å². The summed E-state index contributed by atoms with van der Waals surface area (Å²) in [5, 5.41) is 3.35. The third-order valence-corrected chi connectivity index (χ3v) is 7.59. The lowest BCUT2D eigenvalue weighted by molar-refractivity contribution is -0.141. The van der Waals surface area contributed by atoms with Crippen LogP contribution in [0.15, 0.2) is 42.5 Å². The average molecular weight is 554 g/mol. The van der Waals surface area contributed by atoms with Crippen LogP contribution >= 0.6 is 11.6 Å². The first kappa shape index (κ1) is 30.6.